The molecule has 27 heavy (non-hydrogen) atoms. The van der Waals surface area contributed by atoms with Gasteiger partial charge in [0.15, 0.2) is 0 Å². The zero-order chi connectivity index (χ0) is 18.8. The van der Waals surface area contributed by atoms with E-state index in [-0.39, 0.29) is 23.8 Å². The zero-order valence-electron chi connectivity index (χ0n) is 13.8. The minimum atomic E-state index is -0.345. The van der Waals surface area contributed by atoms with Crippen LogP contribution in [0.3, 0.4) is 0 Å². The summed E-state index contributed by atoms with van der Waals surface area (Å²) in [6.07, 6.45) is 0. The van der Waals surface area contributed by atoms with Crippen LogP contribution in [0.15, 0.2) is 74.5 Å². The summed E-state index contributed by atoms with van der Waals surface area (Å²) < 4.78 is 20.4. The summed E-state index contributed by atoms with van der Waals surface area (Å²) >= 11 is 3.42. The highest BCUT2D eigenvalue weighted by Crippen LogP contribution is 2.20. The molecule has 0 bridgehead atoms. The Morgan fingerprint density at radius 3 is 2.63 bits per heavy atom. The van der Waals surface area contributed by atoms with Crippen molar-refractivity contribution in [3.8, 4) is 22.6 Å². The van der Waals surface area contributed by atoms with Gasteiger partial charge in [-0.1, -0.05) is 33.2 Å². The summed E-state index contributed by atoms with van der Waals surface area (Å²) in [7, 11) is 0. The largest absolute Gasteiger partial charge is 0.337 e. The summed E-state index contributed by atoms with van der Waals surface area (Å²) in [4.78, 5) is 16.4. The molecule has 6 nitrogen and oxygen atoms in total. The van der Waals surface area contributed by atoms with Crippen molar-refractivity contribution in [2.45, 2.75) is 6.54 Å². The van der Waals surface area contributed by atoms with Crippen LogP contribution >= 0.6 is 15.9 Å². The first kappa shape index (κ1) is 17.3. The van der Waals surface area contributed by atoms with Crippen LogP contribution in [-0.2, 0) is 6.54 Å². The molecule has 4 rings (SSSR count). The molecular formula is C19H12BrFN4O2. The second kappa shape index (κ2) is 7.24. The second-order valence-electron chi connectivity index (χ2n) is 5.74. The summed E-state index contributed by atoms with van der Waals surface area (Å²) in [5.41, 5.74) is 1.86. The van der Waals surface area contributed by atoms with Crippen LogP contribution in [0.4, 0.5) is 4.39 Å². The van der Waals surface area contributed by atoms with E-state index >= 15 is 0 Å². The molecule has 0 atom stereocenters. The molecule has 2 heterocycles. The number of hydrogen-bond donors (Lipinski definition) is 0. The molecule has 0 unspecified atom stereocenters. The SMILES string of the molecule is O=c1ccc(-c2cccc(Br)c2)nn1Cc1nc(-c2ccc(F)cc2)no1. The maximum Gasteiger partial charge on any atom is 0.267 e. The highest BCUT2D eigenvalue weighted by atomic mass is 79.9. The van der Waals surface area contributed by atoms with E-state index in [1.54, 1.807) is 18.2 Å². The Morgan fingerprint density at radius 2 is 1.85 bits per heavy atom. The van der Waals surface area contributed by atoms with E-state index in [9.17, 15) is 9.18 Å². The first-order valence-electron chi connectivity index (χ1n) is 8.01. The van der Waals surface area contributed by atoms with Gasteiger partial charge in [0.2, 0.25) is 11.7 Å². The van der Waals surface area contributed by atoms with Gasteiger partial charge in [0.1, 0.15) is 12.4 Å². The van der Waals surface area contributed by atoms with Gasteiger partial charge >= 0.3 is 0 Å². The average molecular weight is 427 g/mol. The Kier molecular flexibility index (Phi) is 4.64. The van der Waals surface area contributed by atoms with E-state index in [0.29, 0.717) is 17.1 Å². The van der Waals surface area contributed by atoms with Gasteiger partial charge in [0.25, 0.3) is 5.56 Å². The molecule has 0 radical (unpaired) electrons. The quantitative estimate of drug-likeness (QED) is 0.494. The maximum atomic E-state index is 13.0. The van der Waals surface area contributed by atoms with Gasteiger partial charge in [-0.25, -0.2) is 9.07 Å². The molecule has 0 aliphatic carbocycles. The van der Waals surface area contributed by atoms with Crippen LogP contribution in [0.25, 0.3) is 22.6 Å². The minimum Gasteiger partial charge on any atom is -0.337 e. The third-order valence-electron chi connectivity index (χ3n) is 3.84. The summed E-state index contributed by atoms with van der Waals surface area (Å²) in [6, 6.07) is 16.5. The Labute approximate surface area is 161 Å². The van der Waals surface area contributed by atoms with Crippen LogP contribution in [0, 0.1) is 5.82 Å². The van der Waals surface area contributed by atoms with Crippen LogP contribution in [0.2, 0.25) is 0 Å². The predicted octanol–water partition coefficient (Wildman–Crippen LogP) is 3.91. The first-order chi connectivity index (χ1) is 13.1. The van der Waals surface area contributed by atoms with E-state index in [4.69, 9.17) is 4.52 Å². The van der Waals surface area contributed by atoms with Crippen molar-refractivity contribution < 1.29 is 8.91 Å². The van der Waals surface area contributed by atoms with Gasteiger partial charge < -0.3 is 4.52 Å². The topological polar surface area (TPSA) is 73.8 Å². The number of rotatable bonds is 4. The Balaban J connectivity index is 1.62. The van der Waals surface area contributed by atoms with Gasteiger partial charge in [-0.15, -0.1) is 0 Å². The van der Waals surface area contributed by atoms with Crippen molar-refractivity contribution in [3.05, 3.63) is 87.2 Å². The molecule has 0 saturated heterocycles. The fourth-order valence-electron chi connectivity index (χ4n) is 2.53. The molecule has 0 aliphatic rings. The Morgan fingerprint density at radius 1 is 1.04 bits per heavy atom. The van der Waals surface area contributed by atoms with Crippen LogP contribution < -0.4 is 5.56 Å². The third-order valence-corrected chi connectivity index (χ3v) is 4.34. The van der Waals surface area contributed by atoms with Gasteiger partial charge in [-0.2, -0.15) is 10.1 Å². The van der Waals surface area contributed by atoms with Crippen molar-refractivity contribution in [1.29, 1.82) is 0 Å². The lowest BCUT2D eigenvalue weighted by atomic mass is 10.1. The number of benzene rings is 2. The van der Waals surface area contributed by atoms with E-state index in [1.165, 1.54) is 22.9 Å². The normalized spacial score (nSPS) is 10.9. The standard InChI is InChI=1S/C19H12BrFN4O2/c20-14-3-1-2-13(10-14)16-8-9-18(26)25(23-16)11-17-22-19(24-27-17)12-4-6-15(21)7-5-12/h1-10H,11H2. The molecule has 0 saturated carbocycles. The highest BCUT2D eigenvalue weighted by Gasteiger charge is 2.11. The molecule has 134 valence electrons. The van der Waals surface area contributed by atoms with Crippen molar-refractivity contribution in [1.82, 2.24) is 19.9 Å². The number of halogens is 2. The number of nitrogens with zero attached hydrogens (tertiary/aromatic N) is 4. The van der Waals surface area contributed by atoms with E-state index < -0.39 is 0 Å². The van der Waals surface area contributed by atoms with Gasteiger partial charge in [-0.05, 0) is 42.5 Å². The number of hydrogen-bond acceptors (Lipinski definition) is 5. The summed E-state index contributed by atoms with van der Waals surface area (Å²) in [5, 5.41) is 8.25. The second-order valence-corrected chi connectivity index (χ2v) is 6.66. The number of aromatic nitrogens is 4. The minimum absolute atomic E-state index is 0.0366. The molecule has 4 aromatic rings. The van der Waals surface area contributed by atoms with Gasteiger partial charge in [-0.3, -0.25) is 4.79 Å². The van der Waals surface area contributed by atoms with Crippen molar-refractivity contribution in [2.75, 3.05) is 0 Å². The summed E-state index contributed by atoms with van der Waals surface area (Å²) in [6.45, 7) is 0.0366. The molecule has 2 aromatic carbocycles. The highest BCUT2D eigenvalue weighted by molar-refractivity contribution is 9.10. The molecule has 0 amide bonds. The lowest BCUT2D eigenvalue weighted by molar-refractivity contribution is 0.363. The summed E-state index contributed by atoms with van der Waals surface area (Å²) in [5.74, 6) is 0.207. The van der Waals surface area contributed by atoms with Crippen molar-refractivity contribution in [2.24, 2.45) is 0 Å². The van der Waals surface area contributed by atoms with E-state index in [1.807, 2.05) is 24.3 Å². The molecular weight excluding hydrogens is 415 g/mol. The molecule has 0 fully saturated rings. The molecule has 0 spiro atoms. The smallest absolute Gasteiger partial charge is 0.267 e. The van der Waals surface area contributed by atoms with Crippen molar-refractivity contribution in [3.63, 3.8) is 0 Å². The fourth-order valence-corrected chi connectivity index (χ4v) is 2.93. The molecule has 8 heteroatoms. The van der Waals surface area contributed by atoms with E-state index in [2.05, 4.69) is 31.2 Å². The van der Waals surface area contributed by atoms with E-state index in [0.717, 1.165) is 10.0 Å². The lowest BCUT2D eigenvalue weighted by Crippen LogP contribution is -2.23. The monoisotopic (exact) mass is 426 g/mol. The van der Waals surface area contributed by atoms with Crippen molar-refractivity contribution >= 4 is 15.9 Å². The maximum absolute atomic E-state index is 13.0. The zero-order valence-corrected chi connectivity index (χ0v) is 15.4. The molecule has 0 N–H and O–H groups in total. The first-order valence-corrected chi connectivity index (χ1v) is 8.80. The third kappa shape index (κ3) is 3.85. The average Bonchev–Trinajstić information content (AvgIpc) is 3.13. The van der Waals surface area contributed by atoms with Crippen LogP contribution in [0.5, 0.6) is 0 Å². The van der Waals surface area contributed by atoms with Gasteiger partial charge in [0.05, 0.1) is 5.69 Å². The molecule has 2 aromatic heterocycles. The fraction of sp³-hybridized carbons (Fsp3) is 0.0526. The Hall–Kier alpha value is -3.13. The Bertz CT molecular complexity index is 1150. The van der Waals surface area contributed by atoms with Crippen LogP contribution in [0.1, 0.15) is 5.89 Å². The van der Waals surface area contributed by atoms with Gasteiger partial charge in [0, 0.05) is 21.7 Å². The molecule has 0 aliphatic heterocycles. The predicted molar refractivity (Wildman–Crippen MR) is 100 cm³/mol. The van der Waals surface area contributed by atoms with Crippen LogP contribution in [-0.4, -0.2) is 19.9 Å². The lowest BCUT2D eigenvalue weighted by Gasteiger charge is -2.05.